The average Bonchev–Trinajstić information content (AvgIpc) is 2.56. The van der Waals surface area contributed by atoms with E-state index in [1.165, 1.54) is 101 Å². The Labute approximate surface area is 191 Å². The summed E-state index contributed by atoms with van der Waals surface area (Å²) in [6.07, 6.45) is 21.9. The van der Waals surface area contributed by atoms with Crippen molar-refractivity contribution >= 4 is 70.9 Å². The molecule has 0 bridgehead atoms. The first-order chi connectivity index (χ1) is 11.6. The Morgan fingerprint density at radius 1 is 0.542 bits per heavy atom. The van der Waals surface area contributed by atoms with E-state index in [1.54, 1.807) is 0 Å². The van der Waals surface area contributed by atoms with E-state index in [9.17, 15) is 0 Å². The Morgan fingerprint density at radius 3 is 1.54 bits per heavy atom. The van der Waals surface area contributed by atoms with E-state index in [-0.39, 0.29) is 0 Å². The predicted molar refractivity (Wildman–Crippen MR) is 114 cm³/mol. The summed E-state index contributed by atoms with van der Waals surface area (Å²) < 4.78 is 2.81. The van der Waals surface area contributed by atoms with Crippen LogP contribution < -0.4 is 0 Å². The van der Waals surface area contributed by atoms with Gasteiger partial charge < -0.3 is 0 Å². The van der Waals surface area contributed by atoms with Crippen molar-refractivity contribution in [2.45, 2.75) is 122 Å². The second kappa shape index (κ2) is 20.1. The molecule has 3 unspecified atom stereocenters. The summed E-state index contributed by atoms with van der Waals surface area (Å²) in [5.74, 6) is 0. The fourth-order valence-corrected chi connectivity index (χ4v) is 3.91. The summed E-state index contributed by atoms with van der Waals surface area (Å²) in [4.78, 5) is 0. The van der Waals surface area contributed by atoms with E-state index >= 15 is 0 Å². The molecule has 0 aliphatic carbocycles. The van der Waals surface area contributed by atoms with Crippen molar-refractivity contribution < 1.29 is 0 Å². The average molecular weight is 306 g/mol. The molecule has 0 saturated carbocycles. The van der Waals surface area contributed by atoms with Gasteiger partial charge in [0.2, 0.25) is 0 Å². The predicted octanol–water partition coefficient (Wildman–Crippen LogP) is 6.32. The van der Waals surface area contributed by atoms with Crippen LogP contribution in [0.2, 0.25) is 18.9 Å². The van der Waals surface area contributed by atoms with Crippen LogP contribution in [0.25, 0.3) is 0 Å². The Bertz CT molecular complexity index is 248. The fraction of sp³-hybridized carbons (Fsp3) is 1.00. The van der Waals surface area contributed by atoms with Gasteiger partial charge in [-0.2, -0.15) is 0 Å². The minimum atomic E-state index is 0.920. The van der Waals surface area contributed by atoms with Gasteiger partial charge in [-0.05, 0) is 0 Å². The first kappa shape index (κ1) is 26.4. The maximum absolute atomic E-state index is 2.48. The third-order valence-electron chi connectivity index (χ3n) is 5.95. The molecule has 24 heavy (non-hydrogen) atoms. The van der Waals surface area contributed by atoms with Gasteiger partial charge >= 0.3 is 186 Å². The SMILES string of the molecule is [Li][CH2][CH]([Li])C[CH]([Li])CCC[CH]([Li])CCCCCCCCCCCC. The van der Waals surface area contributed by atoms with E-state index in [0.29, 0.717) is 0 Å². The molecule has 0 aromatic rings. The molecule has 0 aliphatic rings. The molecule has 0 aromatic heterocycles. The van der Waals surface area contributed by atoms with E-state index in [0.717, 1.165) is 13.8 Å². The van der Waals surface area contributed by atoms with Gasteiger partial charge in [0, 0.05) is 0 Å². The summed E-state index contributed by atoms with van der Waals surface area (Å²) in [6, 6.07) is 0. The van der Waals surface area contributed by atoms with Gasteiger partial charge in [0.15, 0.2) is 0 Å². The number of hydrogen-bond acceptors (Lipinski definition) is 0. The van der Waals surface area contributed by atoms with Crippen molar-refractivity contribution in [3.05, 3.63) is 0 Å². The standard InChI is InChI=1S/C20H38.4Li/c1-3-5-7-9-11-13-15-17-19-20-18-16-14-12-10-8-6-4-2;;;;/h3,7,15H,1,4-6,8-14,16-20H2,2H3;;;;. The van der Waals surface area contributed by atoms with E-state index < -0.39 is 0 Å². The third kappa shape index (κ3) is 19.2. The van der Waals surface area contributed by atoms with Crippen molar-refractivity contribution in [3.63, 3.8) is 0 Å². The Kier molecular flexibility index (Phi) is 22.1. The van der Waals surface area contributed by atoms with Crippen LogP contribution in [0, 0.1) is 0 Å². The van der Waals surface area contributed by atoms with Crippen molar-refractivity contribution in [3.8, 4) is 0 Å². The van der Waals surface area contributed by atoms with Gasteiger partial charge in [-0.15, -0.1) is 0 Å². The normalized spacial score (nSPS) is 15.5. The summed E-state index contributed by atoms with van der Waals surface area (Å²) in [6.45, 7) is 2.30. The summed E-state index contributed by atoms with van der Waals surface area (Å²) >= 11 is 9.67. The quantitative estimate of drug-likeness (QED) is 0.205. The Hall–Kier alpha value is 2.39. The molecule has 0 N–H and O–H groups in total. The summed E-state index contributed by atoms with van der Waals surface area (Å²) in [5, 5.41) is 1.35. The van der Waals surface area contributed by atoms with Gasteiger partial charge in [-0.3, -0.25) is 0 Å². The molecule has 0 heterocycles. The fourth-order valence-electron chi connectivity index (χ4n) is 3.91. The minimum Gasteiger partial charge on any atom is -0.0654 e. The van der Waals surface area contributed by atoms with Crippen LogP contribution in [0.1, 0.15) is 103 Å². The van der Waals surface area contributed by atoms with E-state index in [4.69, 9.17) is 0 Å². The topological polar surface area (TPSA) is 0 Å². The van der Waals surface area contributed by atoms with Crippen LogP contribution in [-0.4, -0.2) is 70.9 Å². The van der Waals surface area contributed by atoms with Crippen molar-refractivity contribution in [1.29, 1.82) is 0 Å². The van der Waals surface area contributed by atoms with Gasteiger partial charge in [-0.25, -0.2) is 0 Å². The molecule has 3 atom stereocenters. The zero-order valence-electron chi connectivity index (χ0n) is 18.0. The molecule has 0 radical (unpaired) electrons. The minimum absolute atomic E-state index is 0.920. The molecule has 0 fully saturated rings. The van der Waals surface area contributed by atoms with Crippen molar-refractivity contribution in [1.82, 2.24) is 0 Å². The summed E-state index contributed by atoms with van der Waals surface area (Å²) in [7, 11) is 0. The molecule has 0 nitrogen and oxygen atoms in total. The van der Waals surface area contributed by atoms with Gasteiger partial charge in [-0.1, -0.05) is 6.92 Å². The number of unbranched alkanes of at least 4 members (excludes halogenated alkanes) is 9. The zero-order chi connectivity index (χ0) is 18.0. The van der Waals surface area contributed by atoms with Crippen LogP contribution >= 0.6 is 0 Å². The Balaban J connectivity index is 3.30. The second-order valence-electron chi connectivity index (χ2n) is 8.86. The Morgan fingerprint density at radius 2 is 1.00 bits per heavy atom. The van der Waals surface area contributed by atoms with Crippen molar-refractivity contribution in [2.24, 2.45) is 0 Å². The van der Waals surface area contributed by atoms with Crippen LogP contribution in [0.4, 0.5) is 0 Å². The zero-order valence-corrected chi connectivity index (χ0v) is 18.0. The molecule has 4 heteroatoms. The van der Waals surface area contributed by atoms with Crippen LogP contribution in [0.3, 0.4) is 0 Å². The second-order valence-corrected chi connectivity index (χ2v) is 8.86. The third-order valence-corrected chi connectivity index (χ3v) is 5.95. The molecule has 0 aliphatic heterocycles. The molecule has 0 rings (SSSR count). The molecule has 0 aromatic carbocycles. The van der Waals surface area contributed by atoms with Crippen molar-refractivity contribution in [2.75, 3.05) is 0 Å². The molecule has 0 saturated heterocycles. The first-order valence-electron chi connectivity index (χ1n) is 11.6. The molecule has 0 spiro atoms. The molecule has 122 valence electrons. The van der Waals surface area contributed by atoms with Gasteiger partial charge in [0.25, 0.3) is 0 Å². The number of hydrogen-bond donors (Lipinski definition) is 0. The van der Waals surface area contributed by atoms with Crippen LogP contribution in [0.5, 0.6) is 0 Å². The van der Waals surface area contributed by atoms with Gasteiger partial charge in [0.05, 0.1) is 0 Å². The van der Waals surface area contributed by atoms with E-state index in [2.05, 4.69) is 77.8 Å². The molecular formula is C20H38Li4. The van der Waals surface area contributed by atoms with Crippen LogP contribution in [-0.2, 0) is 0 Å². The molecule has 0 amide bonds. The smallest absolute Gasteiger partial charge is 0.0654 e. The van der Waals surface area contributed by atoms with Gasteiger partial charge in [0.1, 0.15) is 0 Å². The molecular weight excluding hydrogens is 268 g/mol. The summed E-state index contributed by atoms with van der Waals surface area (Å²) in [5.41, 5.74) is 0. The van der Waals surface area contributed by atoms with Crippen LogP contribution in [0.15, 0.2) is 0 Å². The first-order valence-corrected chi connectivity index (χ1v) is 11.6. The van der Waals surface area contributed by atoms with E-state index in [1.807, 2.05) is 0 Å². The number of rotatable bonds is 18. The maximum atomic E-state index is 2.48. The monoisotopic (exact) mass is 306 g/mol.